The zero-order valence-electron chi connectivity index (χ0n) is 55.6. The Morgan fingerprint density at radius 3 is 1.22 bits per heavy atom. The number of carbonyl (C=O) groups excluding carboxylic acids is 4. The normalized spacial score (nSPS) is 14.0. The molecule has 0 aromatic heterocycles. The lowest BCUT2D eigenvalue weighted by Gasteiger charge is -2.32. The first-order valence-electron chi connectivity index (χ1n) is 32.5. The molecule has 19 nitrogen and oxygen atoms in total. The number of aryl methyl sites for hydroxylation is 2. The fourth-order valence-corrected chi connectivity index (χ4v) is 10.7. The number of urea groups is 2. The van der Waals surface area contributed by atoms with E-state index in [0.29, 0.717) is 47.0 Å². The summed E-state index contributed by atoms with van der Waals surface area (Å²) in [6, 6.07) is 28.2. The molecular formula is C72H94F2N8O11. The highest BCUT2D eigenvalue weighted by Gasteiger charge is 2.24. The molecule has 1 atom stereocenters. The summed E-state index contributed by atoms with van der Waals surface area (Å²) in [7, 11) is 4.40. The van der Waals surface area contributed by atoms with E-state index in [2.05, 4.69) is 55.5 Å². The van der Waals surface area contributed by atoms with Gasteiger partial charge in [0.25, 0.3) is 11.8 Å². The van der Waals surface area contributed by atoms with Crippen LogP contribution in [0, 0.1) is 25.5 Å². The zero-order chi connectivity index (χ0) is 66.8. The second kappa shape index (κ2) is 36.5. The van der Waals surface area contributed by atoms with E-state index < -0.39 is 23.7 Å². The predicted molar refractivity (Wildman–Crippen MR) is 362 cm³/mol. The van der Waals surface area contributed by atoms with Crippen molar-refractivity contribution in [2.75, 3.05) is 88.5 Å². The summed E-state index contributed by atoms with van der Waals surface area (Å²) in [5.74, 6) is 1.31. The van der Waals surface area contributed by atoms with Crippen LogP contribution in [-0.2, 0) is 4.74 Å². The molecule has 6 aromatic carbocycles. The number of rotatable bonds is 29. The van der Waals surface area contributed by atoms with E-state index in [9.17, 15) is 28.0 Å². The van der Waals surface area contributed by atoms with Gasteiger partial charge in [-0.25, -0.2) is 18.4 Å². The van der Waals surface area contributed by atoms with Crippen LogP contribution in [0.3, 0.4) is 0 Å². The van der Waals surface area contributed by atoms with Crippen LogP contribution in [0.25, 0.3) is 0 Å². The summed E-state index contributed by atoms with van der Waals surface area (Å²) < 4.78 is 70.0. The fourth-order valence-electron chi connectivity index (χ4n) is 10.7. The number of nitrogens with one attached hydrogen (secondary N) is 6. The monoisotopic (exact) mass is 1280 g/mol. The van der Waals surface area contributed by atoms with E-state index in [4.69, 9.17) is 33.2 Å². The van der Waals surface area contributed by atoms with Crippen molar-refractivity contribution in [1.82, 2.24) is 20.4 Å². The number of methoxy groups -OCH3 is 3. The van der Waals surface area contributed by atoms with Gasteiger partial charge in [-0.05, 0) is 181 Å². The highest BCUT2D eigenvalue weighted by molar-refractivity contribution is 6.05. The van der Waals surface area contributed by atoms with Gasteiger partial charge in [-0.3, -0.25) is 9.59 Å². The highest BCUT2D eigenvalue weighted by atomic mass is 19.1. The first kappa shape index (κ1) is 71.8. The molecule has 6 N–H and O–H groups in total. The van der Waals surface area contributed by atoms with Crippen molar-refractivity contribution >= 4 is 46.6 Å². The van der Waals surface area contributed by atoms with Gasteiger partial charge in [-0.1, -0.05) is 47.5 Å². The van der Waals surface area contributed by atoms with Gasteiger partial charge in [0.15, 0.2) is 34.6 Å². The van der Waals surface area contributed by atoms with Crippen LogP contribution in [0.2, 0.25) is 0 Å². The third-order valence-corrected chi connectivity index (χ3v) is 16.4. The van der Waals surface area contributed by atoms with Crippen molar-refractivity contribution in [3.8, 4) is 46.0 Å². The van der Waals surface area contributed by atoms with Gasteiger partial charge in [-0.15, -0.1) is 0 Å². The first-order chi connectivity index (χ1) is 44.9. The maximum atomic E-state index is 14.9. The Morgan fingerprint density at radius 2 is 0.871 bits per heavy atom. The van der Waals surface area contributed by atoms with Crippen LogP contribution in [0.1, 0.15) is 137 Å². The van der Waals surface area contributed by atoms with Crippen molar-refractivity contribution in [2.45, 2.75) is 143 Å². The highest BCUT2D eigenvalue weighted by Crippen LogP contribution is 2.38. The van der Waals surface area contributed by atoms with Gasteiger partial charge in [0.05, 0.1) is 38.2 Å². The molecule has 0 saturated carbocycles. The Bertz CT molecular complexity index is 3370. The van der Waals surface area contributed by atoms with E-state index in [1.807, 2.05) is 58.9 Å². The van der Waals surface area contributed by atoms with Gasteiger partial charge in [0.1, 0.15) is 35.2 Å². The number of unbranched alkanes of at least 4 members (excludes halogenated alkanes) is 2. The number of hydrogen-bond donors (Lipinski definition) is 6. The molecule has 6 amide bonds. The lowest BCUT2D eigenvalue weighted by atomic mass is 10.1. The van der Waals surface area contributed by atoms with Crippen LogP contribution in [0.15, 0.2) is 109 Å². The summed E-state index contributed by atoms with van der Waals surface area (Å²) in [6.45, 7) is 21.1. The largest absolute Gasteiger partial charge is 0.493 e. The lowest BCUT2D eigenvalue weighted by Crippen LogP contribution is -2.40. The van der Waals surface area contributed by atoms with Crippen molar-refractivity contribution < 1.29 is 61.1 Å². The number of nitrogens with zero attached hydrogens (tertiary/aromatic N) is 2. The van der Waals surface area contributed by atoms with Gasteiger partial charge in [-0.2, -0.15) is 0 Å². The Balaban J connectivity index is 0.000000264. The molecule has 2 heterocycles. The number of piperidine rings is 2. The molecular weight excluding hydrogens is 1190 g/mol. The number of hydrogen-bond acceptors (Lipinski definition) is 13. The topological polar surface area (TPSA) is 212 Å². The minimum absolute atomic E-state index is 0.00196. The van der Waals surface area contributed by atoms with Gasteiger partial charge in [0, 0.05) is 86.1 Å². The zero-order valence-corrected chi connectivity index (χ0v) is 55.6. The van der Waals surface area contributed by atoms with Crippen LogP contribution < -0.4 is 60.3 Å². The number of ether oxygens (including phenoxy) is 7. The van der Waals surface area contributed by atoms with E-state index >= 15 is 0 Å². The van der Waals surface area contributed by atoms with Crippen LogP contribution >= 0.6 is 0 Å². The third kappa shape index (κ3) is 22.0. The molecule has 1 unspecified atom stereocenters. The molecule has 0 aliphatic carbocycles. The van der Waals surface area contributed by atoms with E-state index in [1.54, 1.807) is 67.8 Å². The second-order valence-corrected chi connectivity index (χ2v) is 23.4. The second-order valence-electron chi connectivity index (χ2n) is 23.4. The number of likely N-dealkylation sites (tertiary alicyclic amines) is 2. The lowest BCUT2D eigenvalue weighted by molar-refractivity contribution is 0.0987. The smallest absolute Gasteiger partial charge is 0.319 e. The number of anilines is 4. The molecule has 21 heteroatoms. The Labute approximate surface area is 546 Å². The number of benzene rings is 6. The standard InChI is InChI=1S/C36H47FN4O6.C36H47FN4O5/c1-6-8-17-41-18-15-29(16-19-41)46-32-14-9-25(20-24(32)3)35(42)38-27-10-12-28(13-11-27)47-34-21-30(37)31(22-33(34)45-5)40-36(43)39-26(7-2)23-44-4;1-6-9-18-41-19-16-29(17-20-41)45-32-15-10-25(21-24(32)4)35(42)38-27-11-13-28(14-12-27)46-34-22-30(37)31(23-33(34)44-5)40-36(43)39-26(7-2)8-3/h9-14,20-22,26,29H,6-8,15-19,23H2,1-5H3,(H,38,42)(H2,39,40,43);10-15,21-23,26,29H,6-9,16-20H2,1-5H3,(H,38,42)(H2,39,40,43). The molecule has 0 radical (unpaired) electrons. The van der Waals surface area contributed by atoms with E-state index in [0.717, 1.165) is 113 Å². The van der Waals surface area contributed by atoms with E-state index in [1.165, 1.54) is 52.0 Å². The average molecular weight is 1290 g/mol. The molecule has 502 valence electrons. The summed E-state index contributed by atoms with van der Waals surface area (Å²) in [4.78, 5) is 55.7. The van der Waals surface area contributed by atoms with Gasteiger partial charge >= 0.3 is 12.1 Å². The molecule has 0 bridgehead atoms. The molecule has 93 heavy (non-hydrogen) atoms. The van der Waals surface area contributed by atoms with Gasteiger partial charge < -0.3 is 74.9 Å². The summed E-state index contributed by atoms with van der Waals surface area (Å²) in [5, 5.41) is 16.4. The molecule has 2 saturated heterocycles. The Hall–Kier alpha value is -8.66. The summed E-state index contributed by atoms with van der Waals surface area (Å²) >= 11 is 0. The Morgan fingerprint density at radius 1 is 0.484 bits per heavy atom. The SMILES string of the molecule is CCCCN1CCC(Oc2ccc(C(=O)Nc3ccc(Oc4cc(F)c(NC(=O)NC(CC)CC)cc4OC)cc3)cc2C)CC1.CCCCN1CCC(Oc2ccc(C(=O)Nc3ccc(Oc4cc(F)c(NC(=O)NC(CC)COC)cc4OC)cc3)cc2C)CC1. The third-order valence-electron chi connectivity index (χ3n) is 16.4. The minimum atomic E-state index is -0.695. The molecule has 0 spiro atoms. The minimum Gasteiger partial charge on any atom is -0.493 e. The van der Waals surface area contributed by atoms with Crippen molar-refractivity contribution in [3.05, 3.63) is 143 Å². The van der Waals surface area contributed by atoms with Crippen molar-refractivity contribution in [2.24, 2.45) is 0 Å². The quantitative estimate of drug-likeness (QED) is 0.0258. The molecule has 2 aliphatic heterocycles. The van der Waals surface area contributed by atoms with Crippen LogP contribution in [0.5, 0.6) is 46.0 Å². The number of amides is 6. The molecule has 2 aliphatic rings. The maximum absolute atomic E-state index is 14.9. The molecule has 6 aromatic rings. The van der Waals surface area contributed by atoms with Crippen molar-refractivity contribution in [1.29, 1.82) is 0 Å². The maximum Gasteiger partial charge on any atom is 0.319 e. The first-order valence-corrected chi connectivity index (χ1v) is 32.5. The molecule has 2 fully saturated rings. The summed E-state index contributed by atoms with van der Waals surface area (Å²) in [6.07, 6.45) is 11.5. The van der Waals surface area contributed by atoms with Crippen LogP contribution in [0.4, 0.5) is 41.1 Å². The summed E-state index contributed by atoms with van der Waals surface area (Å²) in [5.41, 5.74) is 3.94. The predicted octanol–water partition coefficient (Wildman–Crippen LogP) is 15.5. The van der Waals surface area contributed by atoms with Crippen molar-refractivity contribution in [3.63, 3.8) is 0 Å². The van der Waals surface area contributed by atoms with Gasteiger partial charge in [0.2, 0.25) is 0 Å². The van der Waals surface area contributed by atoms with Crippen LogP contribution in [-0.4, -0.2) is 125 Å². The molecule has 8 rings (SSSR count). The number of carbonyl (C=O) groups is 4. The average Bonchev–Trinajstić information content (AvgIpc) is 1.18. The van der Waals surface area contributed by atoms with E-state index in [-0.39, 0.29) is 70.5 Å². The fraction of sp³-hybridized carbons (Fsp3) is 0.444. The Kier molecular flexibility index (Phi) is 28.2. The number of halogens is 2.